The second kappa shape index (κ2) is 3.00. The van der Waals surface area contributed by atoms with Crippen molar-refractivity contribution in [3.8, 4) is 5.75 Å². The Balaban J connectivity index is 3.40. The number of phenolic OH excluding ortho intramolecular Hbond substituents is 1. The van der Waals surface area contributed by atoms with Gasteiger partial charge in [0.15, 0.2) is 0 Å². The number of nitrogens with zero attached hydrogens (tertiary/aromatic N) is 1. The molecule has 1 aromatic rings. The van der Waals surface area contributed by atoms with Gasteiger partial charge in [0, 0.05) is 0 Å². The SMILES string of the molecule is Cc1ccc(O)c(Br)c1N=O. The minimum Gasteiger partial charge on any atom is -0.507 e. The number of nitroso groups, excluding NO2 is 1. The second-order valence-electron chi connectivity index (χ2n) is 2.16. The van der Waals surface area contributed by atoms with Crippen LogP contribution in [0.1, 0.15) is 5.56 Å². The largest absolute Gasteiger partial charge is 0.507 e. The van der Waals surface area contributed by atoms with E-state index in [0.29, 0.717) is 4.47 Å². The fraction of sp³-hybridized carbons (Fsp3) is 0.143. The van der Waals surface area contributed by atoms with Crippen LogP contribution >= 0.6 is 15.9 Å². The number of benzene rings is 1. The van der Waals surface area contributed by atoms with Gasteiger partial charge < -0.3 is 5.11 Å². The highest BCUT2D eigenvalue weighted by molar-refractivity contribution is 9.10. The Kier molecular flexibility index (Phi) is 2.24. The standard InChI is InChI=1S/C7H6BrNO2/c1-4-2-3-5(10)6(8)7(4)9-11/h2-3,10H,1H3. The molecule has 3 nitrogen and oxygen atoms in total. The summed E-state index contributed by atoms with van der Waals surface area (Å²) in [5.74, 6) is 0.0326. The molecule has 0 aromatic heterocycles. The maximum atomic E-state index is 10.2. The van der Waals surface area contributed by atoms with Crippen molar-refractivity contribution >= 4 is 21.6 Å². The predicted molar refractivity (Wildman–Crippen MR) is 46.0 cm³/mol. The summed E-state index contributed by atoms with van der Waals surface area (Å²) in [6.45, 7) is 1.75. The Morgan fingerprint density at radius 3 is 2.64 bits per heavy atom. The zero-order valence-electron chi connectivity index (χ0n) is 5.84. The van der Waals surface area contributed by atoms with Gasteiger partial charge in [-0.1, -0.05) is 6.07 Å². The van der Waals surface area contributed by atoms with Gasteiger partial charge in [-0.2, -0.15) is 0 Å². The highest BCUT2D eigenvalue weighted by atomic mass is 79.9. The van der Waals surface area contributed by atoms with Crippen LogP contribution < -0.4 is 0 Å². The van der Waals surface area contributed by atoms with Gasteiger partial charge in [0.05, 0.1) is 4.47 Å². The molecule has 11 heavy (non-hydrogen) atoms. The molecule has 4 heteroatoms. The molecule has 0 atom stereocenters. The van der Waals surface area contributed by atoms with Crippen LogP contribution in [0.4, 0.5) is 5.69 Å². The molecule has 0 aliphatic carbocycles. The number of hydrogen-bond donors (Lipinski definition) is 1. The molecule has 1 N–H and O–H groups in total. The Hall–Kier alpha value is -0.900. The molecule has 0 fully saturated rings. The molecule has 0 aliphatic rings. The van der Waals surface area contributed by atoms with Crippen molar-refractivity contribution in [2.75, 3.05) is 0 Å². The number of halogens is 1. The van der Waals surface area contributed by atoms with Crippen LogP contribution in [0.2, 0.25) is 0 Å². The zero-order valence-corrected chi connectivity index (χ0v) is 7.42. The van der Waals surface area contributed by atoms with Crippen molar-refractivity contribution in [1.82, 2.24) is 0 Å². The van der Waals surface area contributed by atoms with Crippen molar-refractivity contribution in [3.05, 3.63) is 27.1 Å². The van der Waals surface area contributed by atoms with Crippen LogP contribution in [0, 0.1) is 11.8 Å². The molecule has 0 saturated carbocycles. The number of aromatic hydroxyl groups is 1. The number of rotatable bonds is 1. The zero-order chi connectivity index (χ0) is 8.43. The van der Waals surface area contributed by atoms with Gasteiger partial charge in [0.25, 0.3) is 0 Å². The third-order valence-electron chi connectivity index (χ3n) is 1.39. The molecule has 0 unspecified atom stereocenters. The summed E-state index contributed by atoms with van der Waals surface area (Å²) in [6, 6.07) is 3.14. The molecule has 1 aromatic carbocycles. The van der Waals surface area contributed by atoms with Crippen LogP contribution in [-0.4, -0.2) is 5.11 Å². The lowest BCUT2D eigenvalue weighted by Crippen LogP contribution is -1.75. The second-order valence-corrected chi connectivity index (χ2v) is 2.95. The van der Waals surface area contributed by atoms with Crippen molar-refractivity contribution in [3.63, 3.8) is 0 Å². The number of hydrogen-bond acceptors (Lipinski definition) is 3. The Morgan fingerprint density at radius 2 is 2.18 bits per heavy atom. The first-order chi connectivity index (χ1) is 5.16. The summed E-state index contributed by atoms with van der Waals surface area (Å²) in [5, 5.41) is 11.9. The van der Waals surface area contributed by atoms with Gasteiger partial charge in [0.2, 0.25) is 0 Å². The maximum absolute atomic E-state index is 10.2. The average Bonchev–Trinajstić information content (AvgIpc) is 1.99. The van der Waals surface area contributed by atoms with E-state index in [1.165, 1.54) is 6.07 Å². The summed E-state index contributed by atoms with van der Waals surface area (Å²) in [5.41, 5.74) is 0.995. The van der Waals surface area contributed by atoms with E-state index < -0.39 is 0 Å². The predicted octanol–water partition coefficient (Wildman–Crippen LogP) is 2.86. The number of phenols is 1. The lowest BCUT2D eigenvalue weighted by Gasteiger charge is -2.00. The first kappa shape index (κ1) is 8.20. The van der Waals surface area contributed by atoms with Crippen molar-refractivity contribution in [2.24, 2.45) is 5.18 Å². The first-order valence-corrected chi connectivity index (χ1v) is 3.77. The van der Waals surface area contributed by atoms with Gasteiger partial charge in [0.1, 0.15) is 11.4 Å². The Morgan fingerprint density at radius 1 is 1.55 bits per heavy atom. The van der Waals surface area contributed by atoms with Gasteiger partial charge >= 0.3 is 0 Å². The lowest BCUT2D eigenvalue weighted by molar-refractivity contribution is 0.472. The summed E-state index contributed by atoms with van der Waals surface area (Å²) >= 11 is 3.05. The van der Waals surface area contributed by atoms with E-state index >= 15 is 0 Å². The minimum absolute atomic E-state index is 0.0326. The molecule has 58 valence electrons. The molecule has 0 aliphatic heterocycles. The first-order valence-electron chi connectivity index (χ1n) is 2.98. The van der Waals surface area contributed by atoms with E-state index in [1.807, 2.05) is 0 Å². The minimum atomic E-state index is 0.0326. The molecule has 0 saturated heterocycles. The maximum Gasteiger partial charge on any atom is 0.132 e. The van der Waals surface area contributed by atoms with E-state index in [1.54, 1.807) is 13.0 Å². The molecule has 0 radical (unpaired) electrons. The molecular formula is C7H6BrNO2. The highest BCUT2D eigenvalue weighted by Gasteiger charge is 2.07. The van der Waals surface area contributed by atoms with Crippen molar-refractivity contribution < 1.29 is 5.11 Å². The van der Waals surface area contributed by atoms with Gasteiger partial charge in [-0.25, -0.2) is 0 Å². The quantitative estimate of drug-likeness (QED) is 0.733. The molecular weight excluding hydrogens is 210 g/mol. The van der Waals surface area contributed by atoms with E-state index in [4.69, 9.17) is 5.11 Å². The third kappa shape index (κ3) is 1.40. The summed E-state index contributed by atoms with van der Waals surface area (Å²) < 4.78 is 0.354. The van der Waals surface area contributed by atoms with Gasteiger partial charge in [-0.05, 0) is 39.7 Å². The lowest BCUT2D eigenvalue weighted by atomic mass is 10.2. The van der Waals surface area contributed by atoms with Crippen LogP contribution in [0.25, 0.3) is 0 Å². The van der Waals surface area contributed by atoms with Crippen LogP contribution in [0.3, 0.4) is 0 Å². The molecule has 0 heterocycles. The Labute approximate surface area is 72.2 Å². The summed E-state index contributed by atoms with van der Waals surface area (Å²) in [6.07, 6.45) is 0. The highest BCUT2D eigenvalue weighted by Crippen LogP contribution is 2.35. The molecule has 0 bridgehead atoms. The van der Waals surface area contributed by atoms with Gasteiger partial charge in [-0.3, -0.25) is 0 Å². The molecule has 0 spiro atoms. The van der Waals surface area contributed by atoms with Gasteiger partial charge in [-0.15, -0.1) is 4.91 Å². The van der Waals surface area contributed by atoms with Crippen molar-refractivity contribution in [2.45, 2.75) is 6.92 Å². The van der Waals surface area contributed by atoms with Crippen molar-refractivity contribution in [1.29, 1.82) is 0 Å². The Bertz CT molecular complexity index is 299. The van der Waals surface area contributed by atoms with E-state index in [-0.39, 0.29) is 11.4 Å². The summed E-state index contributed by atoms with van der Waals surface area (Å²) in [4.78, 5) is 10.2. The molecule has 1 rings (SSSR count). The number of aryl methyl sites for hydroxylation is 1. The smallest absolute Gasteiger partial charge is 0.132 e. The average molecular weight is 216 g/mol. The van der Waals surface area contributed by atoms with E-state index in [2.05, 4.69) is 21.1 Å². The fourth-order valence-electron chi connectivity index (χ4n) is 0.763. The fourth-order valence-corrected chi connectivity index (χ4v) is 1.28. The monoisotopic (exact) mass is 215 g/mol. The summed E-state index contributed by atoms with van der Waals surface area (Å²) in [7, 11) is 0. The molecule has 0 amide bonds. The van der Waals surface area contributed by atoms with E-state index in [9.17, 15) is 4.91 Å². The third-order valence-corrected chi connectivity index (χ3v) is 2.17. The van der Waals surface area contributed by atoms with Crippen LogP contribution in [-0.2, 0) is 0 Å². The van der Waals surface area contributed by atoms with Crippen LogP contribution in [0.5, 0.6) is 5.75 Å². The normalized spacial score (nSPS) is 9.64. The van der Waals surface area contributed by atoms with Crippen LogP contribution in [0.15, 0.2) is 21.8 Å². The topological polar surface area (TPSA) is 49.7 Å². The van der Waals surface area contributed by atoms with E-state index in [0.717, 1.165) is 5.56 Å².